The van der Waals surface area contributed by atoms with Crippen LogP contribution in [0.2, 0.25) is 0 Å². The molecule has 18 heavy (non-hydrogen) atoms. The van der Waals surface area contributed by atoms with Crippen LogP contribution in [0.15, 0.2) is 54.6 Å². The van der Waals surface area contributed by atoms with E-state index in [0.29, 0.717) is 6.42 Å². The summed E-state index contributed by atoms with van der Waals surface area (Å²) in [6, 6.07) is 17.4. The van der Waals surface area contributed by atoms with Gasteiger partial charge in [0.25, 0.3) is 0 Å². The standard InChI is InChI=1S/C16H16O2/c1-12-7-9-14(10-8-12)15(16(17)18)11-13-5-3-2-4-6-13/h2-10,15H,11H2,1H3,(H,17,18)/t15-/m1/s1. The lowest BCUT2D eigenvalue weighted by atomic mass is 9.91. The number of rotatable bonds is 4. The van der Waals surface area contributed by atoms with Gasteiger partial charge >= 0.3 is 5.97 Å². The van der Waals surface area contributed by atoms with Crippen LogP contribution in [0.1, 0.15) is 22.6 Å². The van der Waals surface area contributed by atoms with Gasteiger partial charge in [0.15, 0.2) is 0 Å². The monoisotopic (exact) mass is 240 g/mol. The van der Waals surface area contributed by atoms with Crippen molar-refractivity contribution in [2.45, 2.75) is 19.3 Å². The molecule has 0 radical (unpaired) electrons. The van der Waals surface area contributed by atoms with Crippen LogP contribution in [0.25, 0.3) is 0 Å². The minimum absolute atomic E-state index is 0.479. The van der Waals surface area contributed by atoms with Gasteiger partial charge in [0.1, 0.15) is 0 Å². The van der Waals surface area contributed by atoms with Gasteiger partial charge in [0.2, 0.25) is 0 Å². The second kappa shape index (κ2) is 5.50. The second-order valence-electron chi connectivity index (χ2n) is 4.49. The van der Waals surface area contributed by atoms with Crippen molar-refractivity contribution in [3.63, 3.8) is 0 Å². The largest absolute Gasteiger partial charge is 0.481 e. The van der Waals surface area contributed by atoms with Gasteiger partial charge in [-0.05, 0) is 24.5 Å². The van der Waals surface area contributed by atoms with Gasteiger partial charge in [-0.2, -0.15) is 0 Å². The number of carboxylic acids is 1. The number of benzene rings is 2. The Morgan fingerprint density at radius 1 is 1.06 bits per heavy atom. The Bertz CT molecular complexity index is 515. The van der Waals surface area contributed by atoms with Crippen molar-refractivity contribution in [1.29, 1.82) is 0 Å². The van der Waals surface area contributed by atoms with Crippen LogP contribution in [0.5, 0.6) is 0 Å². The van der Waals surface area contributed by atoms with Gasteiger partial charge in [-0.15, -0.1) is 0 Å². The van der Waals surface area contributed by atoms with E-state index in [1.165, 1.54) is 0 Å². The molecule has 2 aromatic carbocycles. The van der Waals surface area contributed by atoms with Crippen LogP contribution in [0.3, 0.4) is 0 Å². The summed E-state index contributed by atoms with van der Waals surface area (Å²) < 4.78 is 0. The maximum absolute atomic E-state index is 11.4. The molecule has 2 aromatic rings. The molecule has 0 heterocycles. The Morgan fingerprint density at radius 2 is 1.67 bits per heavy atom. The van der Waals surface area contributed by atoms with E-state index in [9.17, 15) is 9.90 Å². The molecule has 0 bridgehead atoms. The zero-order chi connectivity index (χ0) is 13.0. The third kappa shape index (κ3) is 2.98. The van der Waals surface area contributed by atoms with E-state index in [1.807, 2.05) is 61.5 Å². The highest BCUT2D eigenvalue weighted by molar-refractivity contribution is 5.76. The minimum atomic E-state index is -0.775. The van der Waals surface area contributed by atoms with Crippen LogP contribution >= 0.6 is 0 Å². The molecule has 0 amide bonds. The molecule has 0 saturated heterocycles. The first kappa shape index (κ1) is 12.4. The van der Waals surface area contributed by atoms with Gasteiger partial charge in [0.05, 0.1) is 5.92 Å². The fraction of sp³-hybridized carbons (Fsp3) is 0.188. The average molecular weight is 240 g/mol. The summed E-state index contributed by atoms with van der Waals surface area (Å²) in [5.74, 6) is -1.25. The van der Waals surface area contributed by atoms with Gasteiger partial charge in [-0.3, -0.25) is 4.79 Å². The van der Waals surface area contributed by atoms with Crippen LogP contribution in [-0.4, -0.2) is 11.1 Å². The number of hydrogen-bond acceptors (Lipinski definition) is 1. The number of aliphatic carboxylic acids is 1. The Hall–Kier alpha value is -2.09. The number of hydrogen-bond donors (Lipinski definition) is 1. The van der Waals surface area contributed by atoms with Crippen molar-refractivity contribution in [2.75, 3.05) is 0 Å². The van der Waals surface area contributed by atoms with Crippen molar-refractivity contribution in [1.82, 2.24) is 0 Å². The van der Waals surface area contributed by atoms with Crippen molar-refractivity contribution < 1.29 is 9.90 Å². The fourth-order valence-electron chi connectivity index (χ4n) is 2.00. The Morgan fingerprint density at radius 3 is 2.22 bits per heavy atom. The first-order chi connectivity index (χ1) is 8.66. The molecule has 2 heteroatoms. The smallest absolute Gasteiger partial charge is 0.311 e. The van der Waals surface area contributed by atoms with Gasteiger partial charge in [-0.25, -0.2) is 0 Å². The summed E-state index contributed by atoms with van der Waals surface area (Å²) in [7, 11) is 0. The van der Waals surface area contributed by atoms with Gasteiger partial charge < -0.3 is 5.11 Å². The molecule has 0 fully saturated rings. The molecule has 0 aliphatic rings. The Labute approximate surface area is 107 Å². The molecule has 0 aromatic heterocycles. The highest BCUT2D eigenvalue weighted by Crippen LogP contribution is 2.21. The maximum atomic E-state index is 11.4. The molecule has 0 aliphatic carbocycles. The number of carbonyl (C=O) groups is 1. The lowest BCUT2D eigenvalue weighted by molar-refractivity contribution is -0.138. The molecule has 2 rings (SSSR count). The van der Waals surface area contributed by atoms with E-state index in [0.717, 1.165) is 16.7 Å². The van der Waals surface area contributed by atoms with E-state index < -0.39 is 11.9 Å². The molecule has 0 spiro atoms. The predicted octanol–water partition coefficient (Wildman–Crippen LogP) is 3.41. The lowest BCUT2D eigenvalue weighted by Crippen LogP contribution is -2.14. The summed E-state index contributed by atoms with van der Waals surface area (Å²) in [6.07, 6.45) is 0.527. The molecular formula is C16H16O2. The van der Waals surface area contributed by atoms with E-state index in [1.54, 1.807) is 0 Å². The number of aryl methyl sites for hydroxylation is 1. The third-order valence-electron chi connectivity index (χ3n) is 3.06. The van der Waals surface area contributed by atoms with E-state index in [4.69, 9.17) is 0 Å². The van der Waals surface area contributed by atoms with Crippen molar-refractivity contribution >= 4 is 5.97 Å². The summed E-state index contributed by atoms with van der Waals surface area (Å²) in [5, 5.41) is 9.36. The summed E-state index contributed by atoms with van der Waals surface area (Å²) in [6.45, 7) is 2.00. The zero-order valence-corrected chi connectivity index (χ0v) is 10.3. The molecule has 0 saturated carbocycles. The molecule has 92 valence electrons. The second-order valence-corrected chi connectivity index (χ2v) is 4.49. The highest BCUT2D eigenvalue weighted by atomic mass is 16.4. The molecule has 0 unspecified atom stereocenters. The van der Waals surface area contributed by atoms with Crippen molar-refractivity contribution in [3.8, 4) is 0 Å². The fourth-order valence-corrected chi connectivity index (χ4v) is 2.00. The van der Waals surface area contributed by atoms with E-state index in [-0.39, 0.29) is 0 Å². The Kier molecular flexibility index (Phi) is 3.78. The minimum Gasteiger partial charge on any atom is -0.481 e. The van der Waals surface area contributed by atoms with Crippen molar-refractivity contribution in [3.05, 3.63) is 71.3 Å². The Balaban J connectivity index is 2.24. The molecule has 0 aliphatic heterocycles. The molecular weight excluding hydrogens is 224 g/mol. The topological polar surface area (TPSA) is 37.3 Å². The third-order valence-corrected chi connectivity index (χ3v) is 3.06. The summed E-state index contributed by atoms with van der Waals surface area (Å²) >= 11 is 0. The van der Waals surface area contributed by atoms with Gasteiger partial charge in [0, 0.05) is 0 Å². The van der Waals surface area contributed by atoms with Crippen LogP contribution in [-0.2, 0) is 11.2 Å². The lowest BCUT2D eigenvalue weighted by Gasteiger charge is -2.13. The summed E-state index contributed by atoms with van der Waals surface area (Å²) in [5.41, 5.74) is 3.05. The van der Waals surface area contributed by atoms with Crippen LogP contribution in [0.4, 0.5) is 0 Å². The average Bonchev–Trinajstić information content (AvgIpc) is 2.38. The van der Waals surface area contributed by atoms with Gasteiger partial charge in [-0.1, -0.05) is 60.2 Å². The number of carboxylic acid groups (broad SMARTS) is 1. The van der Waals surface area contributed by atoms with E-state index >= 15 is 0 Å². The SMILES string of the molecule is Cc1ccc([C@@H](Cc2ccccc2)C(=O)O)cc1. The molecule has 1 N–H and O–H groups in total. The van der Waals surface area contributed by atoms with Crippen LogP contribution in [0, 0.1) is 6.92 Å². The summed E-state index contributed by atoms with van der Waals surface area (Å²) in [4.78, 5) is 11.4. The van der Waals surface area contributed by atoms with Crippen molar-refractivity contribution in [2.24, 2.45) is 0 Å². The predicted molar refractivity (Wildman–Crippen MR) is 71.7 cm³/mol. The molecule has 2 nitrogen and oxygen atoms in total. The molecule has 1 atom stereocenters. The van der Waals surface area contributed by atoms with E-state index in [2.05, 4.69) is 0 Å². The van der Waals surface area contributed by atoms with Crippen LogP contribution < -0.4 is 0 Å². The zero-order valence-electron chi connectivity index (χ0n) is 10.3. The first-order valence-corrected chi connectivity index (χ1v) is 6.00. The highest BCUT2D eigenvalue weighted by Gasteiger charge is 2.19. The first-order valence-electron chi connectivity index (χ1n) is 6.00. The normalized spacial score (nSPS) is 12.1. The maximum Gasteiger partial charge on any atom is 0.311 e. The quantitative estimate of drug-likeness (QED) is 0.889.